The third kappa shape index (κ3) is 4.78. The highest BCUT2D eigenvalue weighted by atomic mass is 32.2. The summed E-state index contributed by atoms with van der Waals surface area (Å²) in [7, 11) is -4.16. The van der Waals surface area contributed by atoms with Gasteiger partial charge >= 0.3 is 5.97 Å². The van der Waals surface area contributed by atoms with Crippen molar-refractivity contribution in [1.82, 2.24) is 4.31 Å². The Labute approximate surface area is 173 Å². The maximum atomic E-state index is 13.1. The van der Waals surface area contributed by atoms with Gasteiger partial charge in [-0.1, -0.05) is 12.1 Å². The van der Waals surface area contributed by atoms with Crippen molar-refractivity contribution in [1.29, 1.82) is 0 Å². The standard InChI is InChI=1S/C20H22FNO7S/c1-13-19(20(24)25)22(10-17(11-23)29-13)30(26,27)18-8-6-16(7-9-18)28-12-14-2-4-15(21)5-3-14/h2-9,13,17,19,23H,10-12H2,1H3,(H,24,25). The number of carboxylic acids is 1. The molecule has 1 aliphatic heterocycles. The third-order valence-corrected chi connectivity index (χ3v) is 6.61. The van der Waals surface area contributed by atoms with E-state index in [1.165, 1.54) is 43.3 Å². The van der Waals surface area contributed by atoms with Crippen molar-refractivity contribution in [3.05, 3.63) is 59.9 Å². The van der Waals surface area contributed by atoms with Crippen molar-refractivity contribution in [3.8, 4) is 5.75 Å². The Morgan fingerprint density at radius 1 is 1.20 bits per heavy atom. The van der Waals surface area contributed by atoms with Gasteiger partial charge in [0.25, 0.3) is 0 Å². The van der Waals surface area contributed by atoms with Crippen LogP contribution in [0.1, 0.15) is 12.5 Å². The zero-order valence-electron chi connectivity index (χ0n) is 16.1. The maximum Gasteiger partial charge on any atom is 0.324 e. The summed E-state index contributed by atoms with van der Waals surface area (Å²) in [6.45, 7) is 0.921. The van der Waals surface area contributed by atoms with Crippen LogP contribution in [0.25, 0.3) is 0 Å². The second-order valence-electron chi connectivity index (χ2n) is 6.89. The number of hydrogen-bond donors (Lipinski definition) is 2. The molecule has 0 amide bonds. The zero-order valence-corrected chi connectivity index (χ0v) is 17.0. The average molecular weight is 439 g/mol. The normalized spacial score (nSPS) is 22.6. The lowest BCUT2D eigenvalue weighted by molar-refractivity contribution is -0.159. The van der Waals surface area contributed by atoms with Crippen LogP contribution in [-0.2, 0) is 26.2 Å². The number of halogens is 1. The summed E-state index contributed by atoms with van der Waals surface area (Å²) < 4.78 is 50.9. The van der Waals surface area contributed by atoms with Crippen LogP contribution in [0.5, 0.6) is 5.75 Å². The number of sulfonamides is 1. The zero-order chi connectivity index (χ0) is 21.9. The van der Waals surface area contributed by atoms with E-state index in [4.69, 9.17) is 9.47 Å². The van der Waals surface area contributed by atoms with Gasteiger partial charge in [0.15, 0.2) is 0 Å². The van der Waals surface area contributed by atoms with Crippen LogP contribution >= 0.6 is 0 Å². The van der Waals surface area contributed by atoms with E-state index in [-0.39, 0.29) is 23.9 Å². The molecule has 1 aliphatic rings. The fourth-order valence-electron chi connectivity index (χ4n) is 3.23. The lowest BCUT2D eigenvalue weighted by Gasteiger charge is -2.39. The fraction of sp³-hybridized carbons (Fsp3) is 0.350. The number of ether oxygens (including phenoxy) is 2. The second-order valence-corrected chi connectivity index (χ2v) is 8.78. The Morgan fingerprint density at radius 2 is 1.83 bits per heavy atom. The molecule has 10 heteroatoms. The summed E-state index contributed by atoms with van der Waals surface area (Å²) in [6, 6.07) is 9.94. The predicted molar refractivity (Wildman–Crippen MR) is 104 cm³/mol. The summed E-state index contributed by atoms with van der Waals surface area (Å²) in [5.74, 6) is -1.29. The molecule has 1 saturated heterocycles. The van der Waals surface area contributed by atoms with Gasteiger partial charge in [-0.05, 0) is 48.9 Å². The highest BCUT2D eigenvalue weighted by molar-refractivity contribution is 7.89. The number of aliphatic carboxylic acids is 1. The summed E-state index contributed by atoms with van der Waals surface area (Å²) >= 11 is 0. The van der Waals surface area contributed by atoms with E-state index in [1.807, 2.05) is 0 Å². The summed E-state index contributed by atoms with van der Waals surface area (Å²) in [5.41, 5.74) is 0.745. The van der Waals surface area contributed by atoms with E-state index >= 15 is 0 Å². The maximum absolute atomic E-state index is 13.1. The molecule has 8 nitrogen and oxygen atoms in total. The van der Waals surface area contributed by atoms with E-state index in [0.29, 0.717) is 5.75 Å². The van der Waals surface area contributed by atoms with Gasteiger partial charge in [-0.3, -0.25) is 4.79 Å². The van der Waals surface area contributed by atoms with E-state index in [0.717, 1.165) is 9.87 Å². The number of nitrogens with zero attached hydrogens (tertiary/aromatic N) is 1. The Kier molecular flexibility index (Phi) is 6.71. The molecule has 3 rings (SSSR count). The SMILES string of the molecule is CC1OC(CO)CN(S(=O)(=O)c2ccc(OCc3ccc(F)cc3)cc2)C1C(=O)O. The first-order valence-corrected chi connectivity index (χ1v) is 10.6. The molecular weight excluding hydrogens is 417 g/mol. The molecule has 0 aliphatic carbocycles. The van der Waals surface area contributed by atoms with Crippen molar-refractivity contribution < 1.29 is 37.3 Å². The molecule has 30 heavy (non-hydrogen) atoms. The Morgan fingerprint density at radius 3 is 2.40 bits per heavy atom. The lowest BCUT2D eigenvalue weighted by atomic mass is 10.1. The smallest absolute Gasteiger partial charge is 0.324 e. The number of aliphatic hydroxyl groups is 1. The van der Waals surface area contributed by atoms with Crippen LogP contribution in [0.15, 0.2) is 53.4 Å². The van der Waals surface area contributed by atoms with Gasteiger partial charge in [-0.2, -0.15) is 4.31 Å². The van der Waals surface area contributed by atoms with E-state index in [9.17, 15) is 27.8 Å². The number of hydrogen-bond acceptors (Lipinski definition) is 6. The minimum Gasteiger partial charge on any atom is -0.489 e. The molecule has 3 atom stereocenters. The van der Waals surface area contributed by atoms with Crippen molar-refractivity contribution in [2.24, 2.45) is 0 Å². The quantitative estimate of drug-likeness (QED) is 0.674. The van der Waals surface area contributed by atoms with Gasteiger partial charge in [0, 0.05) is 6.54 Å². The van der Waals surface area contributed by atoms with Crippen LogP contribution < -0.4 is 4.74 Å². The summed E-state index contributed by atoms with van der Waals surface area (Å²) in [5, 5.41) is 18.9. The monoisotopic (exact) mass is 439 g/mol. The average Bonchev–Trinajstić information content (AvgIpc) is 2.72. The molecule has 0 radical (unpaired) electrons. The van der Waals surface area contributed by atoms with Crippen LogP contribution in [0, 0.1) is 5.82 Å². The van der Waals surface area contributed by atoms with Gasteiger partial charge in [0.1, 0.15) is 24.2 Å². The lowest BCUT2D eigenvalue weighted by Crippen LogP contribution is -2.59. The second kappa shape index (κ2) is 9.09. The largest absolute Gasteiger partial charge is 0.489 e. The minimum atomic E-state index is -4.16. The summed E-state index contributed by atoms with van der Waals surface area (Å²) in [6.07, 6.45) is -1.75. The highest BCUT2D eigenvalue weighted by Gasteiger charge is 2.45. The van der Waals surface area contributed by atoms with Gasteiger partial charge in [-0.25, -0.2) is 12.8 Å². The topological polar surface area (TPSA) is 113 Å². The number of aliphatic hydroxyl groups excluding tert-OH is 1. The first-order chi connectivity index (χ1) is 14.2. The predicted octanol–water partition coefficient (Wildman–Crippen LogP) is 1.63. The summed E-state index contributed by atoms with van der Waals surface area (Å²) in [4.78, 5) is 11.5. The number of rotatable bonds is 7. The van der Waals surface area contributed by atoms with Crippen molar-refractivity contribution in [2.45, 2.75) is 36.7 Å². The molecule has 0 bridgehead atoms. The first-order valence-electron chi connectivity index (χ1n) is 9.20. The van der Waals surface area contributed by atoms with Crippen LogP contribution in [0.4, 0.5) is 4.39 Å². The van der Waals surface area contributed by atoms with Gasteiger partial charge < -0.3 is 19.7 Å². The number of morpholine rings is 1. The van der Waals surface area contributed by atoms with E-state index in [2.05, 4.69) is 0 Å². The minimum absolute atomic E-state index is 0.103. The third-order valence-electron chi connectivity index (χ3n) is 4.75. The molecule has 2 aromatic carbocycles. The molecule has 2 aromatic rings. The fourth-order valence-corrected chi connectivity index (χ4v) is 4.91. The number of benzene rings is 2. The molecule has 162 valence electrons. The number of carboxylic acid groups (broad SMARTS) is 1. The Balaban J connectivity index is 1.77. The molecular formula is C20H22FNO7S. The molecule has 1 heterocycles. The molecule has 0 spiro atoms. The van der Waals surface area contributed by atoms with Gasteiger partial charge in [0.2, 0.25) is 10.0 Å². The van der Waals surface area contributed by atoms with Crippen molar-refractivity contribution in [3.63, 3.8) is 0 Å². The molecule has 2 N–H and O–H groups in total. The highest BCUT2D eigenvalue weighted by Crippen LogP contribution is 2.27. The first kappa shape index (κ1) is 22.2. The van der Waals surface area contributed by atoms with E-state index < -0.39 is 40.8 Å². The van der Waals surface area contributed by atoms with E-state index in [1.54, 1.807) is 12.1 Å². The molecule has 0 aromatic heterocycles. The van der Waals surface area contributed by atoms with Crippen molar-refractivity contribution in [2.75, 3.05) is 13.2 Å². The van der Waals surface area contributed by atoms with Crippen LogP contribution in [0.2, 0.25) is 0 Å². The molecule has 3 unspecified atom stereocenters. The van der Waals surface area contributed by atoms with Gasteiger partial charge in [0.05, 0.1) is 23.7 Å². The molecule has 0 saturated carbocycles. The van der Waals surface area contributed by atoms with Gasteiger partial charge in [-0.15, -0.1) is 0 Å². The van der Waals surface area contributed by atoms with Crippen molar-refractivity contribution >= 4 is 16.0 Å². The Hall–Kier alpha value is -2.53. The Bertz CT molecular complexity index is 979. The molecule has 1 fully saturated rings. The number of carbonyl (C=O) groups is 1. The van der Waals surface area contributed by atoms with Crippen LogP contribution in [-0.4, -0.2) is 60.3 Å². The van der Waals surface area contributed by atoms with Crippen LogP contribution in [0.3, 0.4) is 0 Å².